The smallest absolute Gasteiger partial charge is 0.0769 e. The van der Waals surface area contributed by atoms with Gasteiger partial charge in [0.1, 0.15) is 0 Å². The van der Waals surface area contributed by atoms with Gasteiger partial charge in [-0.15, -0.1) is 11.8 Å². The third-order valence-electron chi connectivity index (χ3n) is 2.23. The number of thioether (sulfide) groups is 1. The van der Waals surface area contributed by atoms with Crippen molar-refractivity contribution < 1.29 is 0 Å². The number of benzene rings is 1. The fourth-order valence-electron chi connectivity index (χ4n) is 1.57. The SMILES string of the molecule is C1=Nc2cc3cccnc3cc2SC1. The van der Waals surface area contributed by atoms with Gasteiger partial charge in [0.05, 0.1) is 11.2 Å². The third-order valence-corrected chi connectivity index (χ3v) is 3.18. The van der Waals surface area contributed by atoms with Gasteiger partial charge >= 0.3 is 0 Å². The molecule has 3 rings (SSSR count). The van der Waals surface area contributed by atoms with Crippen LogP contribution in [0.3, 0.4) is 0 Å². The van der Waals surface area contributed by atoms with Gasteiger partial charge in [-0.25, -0.2) is 0 Å². The minimum absolute atomic E-state index is 0.964. The Morgan fingerprint density at radius 1 is 1.29 bits per heavy atom. The van der Waals surface area contributed by atoms with Crippen LogP contribution in [0.25, 0.3) is 10.9 Å². The largest absolute Gasteiger partial charge is 0.259 e. The van der Waals surface area contributed by atoms with Crippen molar-refractivity contribution in [1.82, 2.24) is 4.98 Å². The Labute approximate surface area is 86.1 Å². The van der Waals surface area contributed by atoms with Gasteiger partial charge in [0, 0.05) is 28.4 Å². The zero-order valence-corrected chi connectivity index (χ0v) is 8.29. The van der Waals surface area contributed by atoms with E-state index in [1.165, 1.54) is 4.90 Å². The summed E-state index contributed by atoms with van der Waals surface area (Å²) in [4.78, 5) is 9.93. The lowest BCUT2D eigenvalue weighted by molar-refractivity contribution is 1.34. The van der Waals surface area contributed by atoms with Crippen molar-refractivity contribution >= 4 is 34.6 Å². The van der Waals surface area contributed by atoms with E-state index in [0.717, 1.165) is 22.3 Å². The van der Waals surface area contributed by atoms with E-state index in [2.05, 4.69) is 28.2 Å². The summed E-state index contributed by atoms with van der Waals surface area (Å²) in [7, 11) is 0. The van der Waals surface area contributed by atoms with Gasteiger partial charge < -0.3 is 0 Å². The van der Waals surface area contributed by atoms with Crippen LogP contribution in [0.5, 0.6) is 0 Å². The fraction of sp³-hybridized carbons (Fsp3) is 0.0909. The predicted octanol–water partition coefficient (Wildman–Crippen LogP) is 3.04. The zero-order valence-electron chi connectivity index (χ0n) is 7.47. The van der Waals surface area contributed by atoms with Gasteiger partial charge in [-0.05, 0) is 18.2 Å². The van der Waals surface area contributed by atoms with Crippen LogP contribution in [0.4, 0.5) is 5.69 Å². The molecule has 14 heavy (non-hydrogen) atoms. The van der Waals surface area contributed by atoms with Crippen molar-refractivity contribution in [2.45, 2.75) is 4.90 Å². The van der Waals surface area contributed by atoms with Gasteiger partial charge in [-0.2, -0.15) is 0 Å². The number of pyridine rings is 1. The van der Waals surface area contributed by atoms with E-state index < -0.39 is 0 Å². The Kier molecular flexibility index (Phi) is 1.77. The molecule has 1 aromatic heterocycles. The highest BCUT2D eigenvalue weighted by atomic mass is 32.2. The average Bonchev–Trinajstić information content (AvgIpc) is 2.26. The molecule has 0 N–H and O–H groups in total. The first kappa shape index (κ1) is 8.00. The van der Waals surface area contributed by atoms with E-state index in [1.807, 2.05) is 30.2 Å². The molecule has 1 aromatic carbocycles. The number of rotatable bonds is 0. The number of fused-ring (bicyclic) bond motifs is 2. The second-order valence-electron chi connectivity index (χ2n) is 3.14. The number of aliphatic imine (C=N–C) groups is 1. The Hall–Kier alpha value is -1.35. The maximum absolute atomic E-state index is 4.37. The summed E-state index contributed by atoms with van der Waals surface area (Å²) in [6, 6.07) is 8.23. The highest BCUT2D eigenvalue weighted by molar-refractivity contribution is 8.00. The van der Waals surface area contributed by atoms with E-state index in [1.54, 1.807) is 0 Å². The van der Waals surface area contributed by atoms with Gasteiger partial charge in [0.15, 0.2) is 0 Å². The second kappa shape index (κ2) is 3.10. The lowest BCUT2D eigenvalue weighted by Crippen LogP contribution is -1.89. The molecule has 2 nitrogen and oxygen atoms in total. The molecule has 3 heteroatoms. The van der Waals surface area contributed by atoms with Crippen LogP contribution in [0.2, 0.25) is 0 Å². The molecule has 0 bridgehead atoms. The maximum atomic E-state index is 4.37. The topological polar surface area (TPSA) is 25.2 Å². The summed E-state index contributed by atoms with van der Waals surface area (Å²) in [6.07, 6.45) is 3.78. The van der Waals surface area contributed by atoms with Gasteiger partial charge in [-0.1, -0.05) is 6.07 Å². The van der Waals surface area contributed by atoms with E-state index in [4.69, 9.17) is 0 Å². The molecule has 68 valence electrons. The standard InChI is InChI=1S/C11H8N2S/c1-2-8-6-10-11(14-5-4-13-10)7-9(8)12-3-1/h1-4,6-7H,5H2. The Balaban J connectivity index is 2.34. The van der Waals surface area contributed by atoms with Gasteiger partial charge in [0.2, 0.25) is 0 Å². The van der Waals surface area contributed by atoms with E-state index in [9.17, 15) is 0 Å². The molecule has 1 aliphatic rings. The van der Waals surface area contributed by atoms with Crippen molar-refractivity contribution in [2.24, 2.45) is 4.99 Å². The minimum atomic E-state index is 0.964. The maximum Gasteiger partial charge on any atom is 0.0769 e. The second-order valence-corrected chi connectivity index (χ2v) is 4.20. The van der Waals surface area contributed by atoms with Crippen LogP contribution >= 0.6 is 11.8 Å². The number of aromatic nitrogens is 1. The van der Waals surface area contributed by atoms with Crippen molar-refractivity contribution in [1.29, 1.82) is 0 Å². The summed E-state index contributed by atoms with van der Waals surface area (Å²) < 4.78 is 0. The molecule has 0 amide bonds. The van der Waals surface area contributed by atoms with Gasteiger partial charge in [-0.3, -0.25) is 9.98 Å². The third kappa shape index (κ3) is 1.21. The summed E-state index contributed by atoms with van der Waals surface area (Å²) in [5.41, 5.74) is 2.12. The molecule has 0 atom stereocenters. The van der Waals surface area contributed by atoms with Crippen LogP contribution in [0.1, 0.15) is 0 Å². The summed E-state index contributed by atoms with van der Waals surface area (Å²) in [5.74, 6) is 0.964. The normalized spacial score (nSPS) is 14.3. The number of hydrogen-bond acceptors (Lipinski definition) is 3. The van der Waals surface area contributed by atoms with Crippen LogP contribution in [0.15, 0.2) is 40.4 Å². The van der Waals surface area contributed by atoms with Crippen LogP contribution in [0, 0.1) is 0 Å². The molecular weight excluding hydrogens is 192 g/mol. The average molecular weight is 200 g/mol. The monoisotopic (exact) mass is 200 g/mol. The molecule has 0 radical (unpaired) electrons. The first-order chi connectivity index (χ1) is 6.93. The number of hydrogen-bond donors (Lipinski definition) is 0. The van der Waals surface area contributed by atoms with E-state index in [0.29, 0.717) is 0 Å². The molecule has 0 saturated heterocycles. The zero-order chi connectivity index (χ0) is 9.38. The Morgan fingerprint density at radius 3 is 3.29 bits per heavy atom. The van der Waals surface area contributed by atoms with Crippen molar-refractivity contribution in [2.75, 3.05) is 5.75 Å². The van der Waals surface area contributed by atoms with Gasteiger partial charge in [0.25, 0.3) is 0 Å². The summed E-state index contributed by atoms with van der Waals surface area (Å²) in [6.45, 7) is 0. The molecule has 0 saturated carbocycles. The molecule has 0 spiro atoms. The molecular formula is C11H8N2S. The van der Waals surface area contributed by atoms with Crippen molar-refractivity contribution in [3.05, 3.63) is 30.5 Å². The molecule has 2 aromatic rings. The lowest BCUT2D eigenvalue weighted by Gasteiger charge is -2.09. The first-order valence-electron chi connectivity index (χ1n) is 4.47. The highest BCUT2D eigenvalue weighted by Gasteiger charge is 2.07. The molecule has 1 aliphatic heterocycles. The van der Waals surface area contributed by atoms with E-state index >= 15 is 0 Å². The van der Waals surface area contributed by atoms with Crippen molar-refractivity contribution in [3.63, 3.8) is 0 Å². The van der Waals surface area contributed by atoms with Crippen LogP contribution < -0.4 is 0 Å². The van der Waals surface area contributed by atoms with E-state index in [-0.39, 0.29) is 0 Å². The molecule has 0 unspecified atom stereocenters. The summed E-state index contributed by atoms with van der Waals surface area (Å²) in [5, 5.41) is 1.16. The fourth-order valence-corrected chi connectivity index (χ4v) is 2.35. The van der Waals surface area contributed by atoms with Crippen LogP contribution in [-0.4, -0.2) is 17.0 Å². The Bertz CT molecular complexity index is 520. The highest BCUT2D eigenvalue weighted by Crippen LogP contribution is 2.34. The first-order valence-corrected chi connectivity index (χ1v) is 5.46. The lowest BCUT2D eigenvalue weighted by atomic mass is 10.2. The molecule has 0 aliphatic carbocycles. The quantitative estimate of drug-likeness (QED) is 0.653. The van der Waals surface area contributed by atoms with Crippen LogP contribution in [-0.2, 0) is 0 Å². The van der Waals surface area contributed by atoms with Crippen molar-refractivity contribution in [3.8, 4) is 0 Å². The molecule has 2 heterocycles. The number of nitrogens with zero attached hydrogens (tertiary/aromatic N) is 2. The minimum Gasteiger partial charge on any atom is -0.259 e. The Morgan fingerprint density at radius 2 is 2.29 bits per heavy atom. The summed E-state index contributed by atoms with van der Waals surface area (Å²) >= 11 is 1.81. The predicted molar refractivity (Wildman–Crippen MR) is 60.6 cm³/mol. The molecule has 0 fully saturated rings.